The minimum atomic E-state index is -4.97. The Labute approximate surface area is 224 Å². The van der Waals surface area contributed by atoms with Crippen LogP contribution in [0.4, 0.5) is 26.3 Å². The predicted molar refractivity (Wildman–Crippen MR) is 135 cm³/mol. The van der Waals surface area contributed by atoms with Crippen LogP contribution in [0.25, 0.3) is 10.1 Å². The third-order valence-electron chi connectivity index (χ3n) is 7.79. The molecule has 5 rings (SSSR count). The Balaban J connectivity index is 1.47. The van der Waals surface area contributed by atoms with Gasteiger partial charge in [0, 0.05) is 37.1 Å². The molecule has 3 aromatic rings. The summed E-state index contributed by atoms with van der Waals surface area (Å²) in [6.45, 7) is 0.387. The van der Waals surface area contributed by atoms with Gasteiger partial charge < -0.3 is 15.2 Å². The van der Waals surface area contributed by atoms with Crippen molar-refractivity contribution in [2.45, 2.75) is 50.5 Å². The van der Waals surface area contributed by atoms with Crippen LogP contribution in [-0.4, -0.2) is 23.6 Å². The van der Waals surface area contributed by atoms with E-state index in [1.807, 2.05) is 12.1 Å². The van der Waals surface area contributed by atoms with E-state index in [0.29, 0.717) is 48.7 Å². The number of carbonyl (C=O) groups is 1. The number of hydrogen-bond acceptors (Lipinski definition) is 4. The van der Waals surface area contributed by atoms with E-state index in [4.69, 9.17) is 0 Å². The highest BCUT2D eigenvalue weighted by atomic mass is 32.1. The number of rotatable bonds is 7. The molecule has 1 amide bonds. The highest BCUT2D eigenvalue weighted by Gasteiger charge is 2.50. The van der Waals surface area contributed by atoms with Gasteiger partial charge in [-0.1, -0.05) is 12.8 Å². The molecule has 1 aromatic carbocycles. The van der Waals surface area contributed by atoms with Crippen molar-refractivity contribution in [2.24, 2.45) is 18.4 Å². The van der Waals surface area contributed by atoms with Crippen molar-refractivity contribution in [1.82, 2.24) is 15.2 Å². The van der Waals surface area contributed by atoms with Gasteiger partial charge in [-0.15, -0.1) is 11.3 Å². The zero-order valence-electron chi connectivity index (χ0n) is 21.0. The van der Waals surface area contributed by atoms with Crippen molar-refractivity contribution >= 4 is 27.3 Å². The molecule has 2 aromatic heterocycles. The number of thiophene rings is 1. The fraction of sp³-hybridized carbons (Fsp3) is 0.481. The number of nitrogens with zero attached hydrogens (tertiary/aromatic N) is 1. The van der Waals surface area contributed by atoms with Crippen LogP contribution in [0.3, 0.4) is 0 Å². The molecule has 2 N–H and O–H groups in total. The number of benzene rings is 1. The Morgan fingerprint density at radius 3 is 2.36 bits per heavy atom. The Morgan fingerprint density at radius 2 is 1.79 bits per heavy atom. The maximum Gasteiger partial charge on any atom is 0.416 e. The summed E-state index contributed by atoms with van der Waals surface area (Å²) >= 11 is 1.35. The zero-order valence-corrected chi connectivity index (χ0v) is 21.8. The molecule has 1 aliphatic heterocycles. The molecule has 210 valence electrons. The molecule has 2 aliphatic rings. The van der Waals surface area contributed by atoms with Crippen molar-refractivity contribution in [1.29, 1.82) is 0 Å². The van der Waals surface area contributed by atoms with E-state index in [-0.39, 0.29) is 23.1 Å². The van der Waals surface area contributed by atoms with Gasteiger partial charge in [0.1, 0.15) is 0 Å². The summed E-state index contributed by atoms with van der Waals surface area (Å²) in [6, 6.07) is 5.13. The lowest BCUT2D eigenvalue weighted by Crippen LogP contribution is -2.46. The van der Waals surface area contributed by atoms with E-state index in [9.17, 15) is 35.9 Å². The fourth-order valence-electron chi connectivity index (χ4n) is 5.45. The Hall–Kier alpha value is -2.86. The number of nitrogens with one attached hydrogen (secondary N) is 2. The third-order valence-corrected chi connectivity index (χ3v) is 9.04. The van der Waals surface area contributed by atoms with Crippen LogP contribution in [0.2, 0.25) is 0 Å². The number of amides is 1. The molecule has 1 saturated heterocycles. The van der Waals surface area contributed by atoms with Gasteiger partial charge in [0.05, 0.1) is 21.2 Å². The standard InChI is InChI=1S/C27H27F6N3O2S/c1-36-7-4-17-11-21(39-22(17)23(36)37)20(10-15-2-3-15)25(5-6-34-14-25)24(38)35-13-16-8-18(26(28,29)30)12-19(9-16)27(31,32)33/h4,7-9,11-12,15,20,34H,2-3,5-6,10,13-14H2,1H3,(H,35,38). The predicted octanol–water partition coefficient (Wildman–Crippen LogP) is 5.82. The summed E-state index contributed by atoms with van der Waals surface area (Å²) in [7, 11) is 1.66. The van der Waals surface area contributed by atoms with Crippen molar-refractivity contribution in [3.05, 3.63) is 68.4 Å². The number of halogens is 6. The molecule has 0 bridgehead atoms. The van der Waals surface area contributed by atoms with Crippen molar-refractivity contribution in [3.8, 4) is 0 Å². The zero-order chi connectivity index (χ0) is 28.2. The lowest BCUT2D eigenvalue weighted by Gasteiger charge is -2.35. The van der Waals surface area contributed by atoms with Gasteiger partial charge in [-0.25, -0.2) is 0 Å². The monoisotopic (exact) mass is 571 g/mol. The lowest BCUT2D eigenvalue weighted by atomic mass is 9.70. The van der Waals surface area contributed by atoms with Crippen molar-refractivity contribution in [3.63, 3.8) is 0 Å². The second-order valence-corrected chi connectivity index (χ2v) is 11.7. The van der Waals surface area contributed by atoms with Gasteiger partial charge in [-0.05, 0) is 66.6 Å². The molecule has 39 heavy (non-hydrogen) atoms. The highest BCUT2D eigenvalue weighted by molar-refractivity contribution is 7.19. The lowest BCUT2D eigenvalue weighted by molar-refractivity contribution is -0.143. The highest BCUT2D eigenvalue weighted by Crippen LogP contribution is 2.51. The SMILES string of the molecule is Cn1ccc2cc(C(CC3CC3)C3(C(=O)NCc4cc(C(F)(F)F)cc(C(F)(F)F)c4)CCNC3)sc2c1=O. The number of aryl methyl sites for hydroxylation is 1. The van der Waals surface area contributed by atoms with Gasteiger partial charge >= 0.3 is 12.4 Å². The topological polar surface area (TPSA) is 63.1 Å². The summed E-state index contributed by atoms with van der Waals surface area (Å²) in [4.78, 5) is 27.4. The van der Waals surface area contributed by atoms with E-state index in [2.05, 4.69) is 10.6 Å². The van der Waals surface area contributed by atoms with Gasteiger partial charge in [0.2, 0.25) is 5.91 Å². The Kier molecular flexibility index (Phi) is 7.07. The maximum atomic E-state index is 13.8. The summed E-state index contributed by atoms with van der Waals surface area (Å²) in [5, 5.41) is 6.67. The number of hydrogen-bond donors (Lipinski definition) is 2. The first-order chi connectivity index (χ1) is 18.3. The molecule has 2 fully saturated rings. The Bertz CT molecular complexity index is 1420. The number of carbonyl (C=O) groups excluding carboxylic acids is 1. The van der Waals surface area contributed by atoms with Crippen LogP contribution in [-0.2, 0) is 30.7 Å². The summed E-state index contributed by atoms with van der Waals surface area (Å²) < 4.78 is 82.0. The first-order valence-corrected chi connectivity index (χ1v) is 13.5. The van der Waals surface area contributed by atoms with E-state index < -0.39 is 41.3 Å². The summed E-state index contributed by atoms with van der Waals surface area (Å²) in [5.41, 5.74) is -4.21. The van der Waals surface area contributed by atoms with Crippen LogP contribution in [0, 0.1) is 11.3 Å². The third kappa shape index (κ3) is 5.58. The molecular weight excluding hydrogens is 544 g/mol. The van der Waals surface area contributed by atoms with E-state index >= 15 is 0 Å². The van der Waals surface area contributed by atoms with Crippen LogP contribution >= 0.6 is 11.3 Å². The molecule has 2 unspecified atom stereocenters. The molecule has 5 nitrogen and oxygen atoms in total. The largest absolute Gasteiger partial charge is 0.416 e. The minimum absolute atomic E-state index is 0.0745. The number of pyridine rings is 1. The first-order valence-electron chi connectivity index (χ1n) is 12.6. The molecule has 0 spiro atoms. The van der Waals surface area contributed by atoms with Crippen LogP contribution < -0.4 is 16.2 Å². The normalized spacial score (nSPS) is 20.9. The minimum Gasteiger partial charge on any atom is -0.351 e. The molecule has 1 saturated carbocycles. The quantitative estimate of drug-likeness (QED) is 0.352. The first kappa shape index (κ1) is 27.7. The maximum absolute atomic E-state index is 13.8. The molecular formula is C27H27F6N3O2S. The average Bonchev–Trinajstić information content (AvgIpc) is 3.37. The summed E-state index contributed by atoms with van der Waals surface area (Å²) in [6.07, 6.45) is -5.03. The van der Waals surface area contributed by atoms with Crippen molar-refractivity contribution < 1.29 is 31.1 Å². The number of alkyl halides is 6. The van der Waals surface area contributed by atoms with Crippen LogP contribution in [0.5, 0.6) is 0 Å². The smallest absolute Gasteiger partial charge is 0.351 e. The molecule has 2 atom stereocenters. The molecule has 1 aliphatic carbocycles. The number of aromatic nitrogens is 1. The van der Waals surface area contributed by atoms with Crippen LogP contribution in [0.1, 0.15) is 53.2 Å². The summed E-state index contributed by atoms with van der Waals surface area (Å²) in [5.74, 6) is -0.255. The van der Waals surface area contributed by atoms with Gasteiger partial charge in [-0.2, -0.15) is 26.3 Å². The average molecular weight is 572 g/mol. The number of fused-ring (bicyclic) bond motifs is 1. The second kappa shape index (κ2) is 9.96. The van der Waals surface area contributed by atoms with Gasteiger partial charge in [0.25, 0.3) is 5.56 Å². The van der Waals surface area contributed by atoms with E-state index in [1.165, 1.54) is 15.9 Å². The Morgan fingerprint density at radius 1 is 1.13 bits per heavy atom. The second-order valence-electron chi connectivity index (χ2n) is 10.6. The van der Waals surface area contributed by atoms with Crippen molar-refractivity contribution in [2.75, 3.05) is 13.1 Å². The molecule has 0 radical (unpaired) electrons. The van der Waals surface area contributed by atoms with Gasteiger partial charge in [-0.3, -0.25) is 9.59 Å². The van der Waals surface area contributed by atoms with Crippen LogP contribution in [0.15, 0.2) is 41.3 Å². The molecule has 3 heterocycles. The molecule has 12 heteroatoms. The van der Waals surface area contributed by atoms with Gasteiger partial charge in [0.15, 0.2) is 0 Å². The van der Waals surface area contributed by atoms with E-state index in [0.717, 1.165) is 23.1 Å². The fourth-order valence-corrected chi connectivity index (χ4v) is 6.81. The van der Waals surface area contributed by atoms with E-state index in [1.54, 1.807) is 13.2 Å².